The van der Waals surface area contributed by atoms with Crippen molar-refractivity contribution >= 4 is 29.2 Å². The lowest BCUT2D eigenvalue weighted by Gasteiger charge is -2.25. The molecule has 2 aromatic rings. The van der Waals surface area contributed by atoms with Gasteiger partial charge in [-0.25, -0.2) is 4.98 Å². The third kappa shape index (κ3) is 6.02. The summed E-state index contributed by atoms with van der Waals surface area (Å²) in [5.74, 6) is 0.803. The molecule has 172 valence electrons. The number of benzene rings is 1. The summed E-state index contributed by atoms with van der Waals surface area (Å²) >= 11 is 1.47. The number of likely N-dealkylation sites (N-methyl/N-ethyl adjacent to an activating group) is 1. The number of nitriles is 2. The number of nitrogens with one attached hydrogen (secondary N) is 1. The summed E-state index contributed by atoms with van der Waals surface area (Å²) < 4.78 is 0. The molecule has 1 aromatic carbocycles. The molecule has 0 atom stereocenters. The van der Waals surface area contributed by atoms with Crippen LogP contribution in [0.2, 0.25) is 0 Å². The van der Waals surface area contributed by atoms with Gasteiger partial charge in [-0.05, 0) is 49.7 Å². The zero-order valence-corrected chi connectivity index (χ0v) is 19.8. The van der Waals surface area contributed by atoms with Crippen molar-refractivity contribution in [1.82, 2.24) is 9.88 Å². The van der Waals surface area contributed by atoms with Crippen LogP contribution in [-0.4, -0.2) is 60.7 Å². The first-order valence-electron chi connectivity index (χ1n) is 10.9. The molecule has 0 radical (unpaired) electrons. The molecule has 0 bridgehead atoms. The van der Waals surface area contributed by atoms with Gasteiger partial charge in [-0.2, -0.15) is 10.5 Å². The predicted octanol–water partition coefficient (Wildman–Crippen LogP) is 2.75. The minimum atomic E-state index is -0.561. The molecule has 9 heteroatoms. The summed E-state index contributed by atoms with van der Waals surface area (Å²) in [6, 6.07) is 11.9. The normalized spacial score (nSPS) is 14.3. The number of hydrogen-bond acceptors (Lipinski definition) is 8. The Kier molecular flexibility index (Phi) is 8.67. The van der Waals surface area contributed by atoms with Crippen LogP contribution < -0.4 is 10.2 Å². The van der Waals surface area contributed by atoms with Crippen molar-refractivity contribution in [3.05, 3.63) is 46.5 Å². The summed E-state index contributed by atoms with van der Waals surface area (Å²) in [6.45, 7) is 4.92. The number of aliphatic hydroxyl groups is 1. The maximum absolute atomic E-state index is 11.3. The first-order valence-corrected chi connectivity index (χ1v) is 11.9. The minimum Gasteiger partial charge on any atom is -0.387 e. The van der Waals surface area contributed by atoms with E-state index in [9.17, 15) is 15.3 Å². The van der Waals surface area contributed by atoms with Crippen LogP contribution in [0.5, 0.6) is 0 Å². The summed E-state index contributed by atoms with van der Waals surface area (Å²) in [7, 11) is 2.10. The van der Waals surface area contributed by atoms with E-state index < -0.39 is 12.5 Å². The van der Waals surface area contributed by atoms with E-state index in [1.165, 1.54) is 11.8 Å². The fourth-order valence-electron chi connectivity index (χ4n) is 3.81. The highest BCUT2D eigenvalue weighted by molar-refractivity contribution is 7.98. The van der Waals surface area contributed by atoms with E-state index in [4.69, 9.17) is 10.1 Å². The van der Waals surface area contributed by atoms with Crippen LogP contribution in [0.25, 0.3) is 0 Å². The van der Waals surface area contributed by atoms with Gasteiger partial charge in [-0.15, -0.1) is 11.8 Å². The number of nitrogens with zero attached hydrogens (tertiary/aromatic N) is 5. The number of carbonyl (C=O) groups is 1. The van der Waals surface area contributed by atoms with Gasteiger partial charge in [0.2, 0.25) is 5.91 Å². The van der Waals surface area contributed by atoms with E-state index in [2.05, 4.69) is 34.3 Å². The summed E-state index contributed by atoms with van der Waals surface area (Å²) in [6.07, 6.45) is 1.58. The van der Waals surface area contributed by atoms with Gasteiger partial charge in [-0.1, -0.05) is 19.1 Å². The molecule has 1 aliphatic rings. The lowest BCUT2D eigenvalue weighted by Crippen LogP contribution is -2.30. The van der Waals surface area contributed by atoms with Gasteiger partial charge in [0.15, 0.2) is 0 Å². The van der Waals surface area contributed by atoms with Crippen molar-refractivity contribution in [3.8, 4) is 12.1 Å². The van der Waals surface area contributed by atoms with Crippen LogP contribution in [0, 0.1) is 22.7 Å². The topological polar surface area (TPSA) is 116 Å². The Hall–Kier alpha value is -3.11. The zero-order valence-electron chi connectivity index (χ0n) is 19.0. The van der Waals surface area contributed by atoms with Gasteiger partial charge in [0.1, 0.15) is 29.6 Å². The molecule has 0 aliphatic carbocycles. The van der Waals surface area contributed by atoms with Gasteiger partial charge in [-0.3, -0.25) is 4.79 Å². The summed E-state index contributed by atoms with van der Waals surface area (Å²) in [4.78, 5) is 20.6. The van der Waals surface area contributed by atoms with E-state index >= 15 is 0 Å². The van der Waals surface area contributed by atoms with Gasteiger partial charge in [0, 0.05) is 31.1 Å². The first kappa shape index (κ1) is 24.5. The standard InChI is InChI=1S/C24H28N6O2S/c1-3-19-20(13-25)23(30-10-4-9-29(2)11-12-30)28-24(21(19)14-26)33-16-17-5-7-18(8-6-17)27-22(32)15-31/h5-8,31H,3-4,9-12,15-16H2,1-2H3,(H,27,32). The molecule has 1 aromatic heterocycles. The van der Waals surface area contributed by atoms with E-state index in [0.29, 0.717) is 39.8 Å². The Labute approximate surface area is 198 Å². The Morgan fingerprint density at radius 3 is 2.52 bits per heavy atom. The molecule has 0 saturated carbocycles. The molecule has 1 amide bonds. The van der Waals surface area contributed by atoms with Crippen molar-refractivity contribution in [1.29, 1.82) is 10.5 Å². The van der Waals surface area contributed by atoms with E-state index in [1.54, 1.807) is 12.1 Å². The Morgan fingerprint density at radius 2 is 1.88 bits per heavy atom. The van der Waals surface area contributed by atoms with Crippen molar-refractivity contribution in [2.75, 3.05) is 50.1 Å². The third-order valence-electron chi connectivity index (χ3n) is 5.60. The van der Waals surface area contributed by atoms with E-state index in [0.717, 1.165) is 43.7 Å². The molecule has 3 rings (SSSR count). The van der Waals surface area contributed by atoms with Crippen LogP contribution in [0.1, 0.15) is 35.6 Å². The SMILES string of the molecule is CCc1c(C#N)c(SCc2ccc(NC(=O)CO)cc2)nc(N2CCCN(C)CC2)c1C#N. The van der Waals surface area contributed by atoms with Crippen molar-refractivity contribution in [3.63, 3.8) is 0 Å². The molecule has 1 saturated heterocycles. The molecule has 1 aliphatic heterocycles. The molecule has 33 heavy (non-hydrogen) atoms. The van der Waals surface area contributed by atoms with Crippen molar-refractivity contribution < 1.29 is 9.90 Å². The molecule has 0 spiro atoms. The average molecular weight is 465 g/mol. The van der Waals surface area contributed by atoms with Crippen LogP contribution >= 0.6 is 11.8 Å². The Balaban J connectivity index is 1.88. The molecule has 0 unspecified atom stereocenters. The van der Waals surface area contributed by atoms with E-state index in [1.807, 2.05) is 19.1 Å². The van der Waals surface area contributed by atoms with Crippen LogP contribution in [-0.2, 0) is 17.0 Å². The van der Waals surface area contributed by atoms with Crippen LogP contribution in [0.15, 0.2) is 29.3 Å². The lowest BCUT2D eigenvalue weighted by molar-refractivity contribution is -0.118. The fraction of sp³-hybridized carbons (Fsp3) is 0.417. The molecule has 2 heterocycles. The zero-order chi connectivity index (χ0) is 23.8. The monoisotopic (exact) mass is 464 g/mol. The second kappa shape index (κ2) is 11.7. The van der Waals surface area contributed by atoms with Crippen LogP contribution in [0.4, 0.5) is 11.5 Å². The lowest BCUT2D eigenvalue weighted by atomic mass is 10.0. The number of aliphatic hydroxyl groups excluding tert-OH is 1. The van der Waals surface area contributed by atoms with Gasteiger partial charge in [0.25, 0.3) is 0 Å². The number of hydrogen-bond donors (Lipinski definition) is 2. The summed E-state index contributed by atoms with van der Waals surface area (Å²) in [5, 5.41) is 31.9. The molecular formula is C24H28N6O2S. The number of amides is 1. The molecule has 1 fully saturated rings. The third-order valence-corrected chi connectivity index (χ3v) is 6.65. The largest absolute Gasteiger partial charge is 0.387 e. The number of thioether (sulfide) groups is 1. The highest BCUT2D eigenvalue weighted by Gasteiger charge is 2.24. The molecule has 8 nitrogen and oxygen atoms in total. The van der Waals surface area contributed by atoms with E-state index in [-0.39, 0.29) is 0 Å². The quantitative estimate of drug-likeness (QED) is 0.601. The highest BCUT2D eigenvalue weighted by atomic mass is 32.2. The average Bonchev–Trinajstić information content (AvgIpc) is 3.06. The second-order valence-electron chi connectivity index (χ2n) is 7.88. The number of pyridine rings is 1. The maximum Gasteiger partial charge on any atom is 0.250 e. The summed E-state index contributed by atoms with van der Waals surface area (Å²) in [5.41, 5.74) is 3.35. The fourth-order valence-corrected chi connectivity index (χ4v) is 4.77. The minimum absolute atomic E-state index is 0.461. The van der Waals surface area contributed by atoms with Crippen molar-refractivity contribution in [2.45, 2.75) is 30.5 Å². The van der Waals surface area contributed by atoms with Crippen molar-refractivity contribution in [2.24, 2.45) is 0 Å². The number of carbonyl (C=O) groups excluding carboxylic acids is 1. The Morgan fingerprint density at radius 1 is 1.15 bits per heavy atom. The first-order chi connectivity index (χ1) is 16.0. The highest BCUT2D eigenvalue weighted by Crippen LogP contribution is 2.34. The predicted molar refractivity (Wildman–Crippen MR) is 129 cm³/mol. The molecule has 2 N–H and O–H groups in total. The van der Waals surface area contributed by atoms with Gasteiger partial charge < -0.3 is 20.2 Å². The van der Waals surface area contributed by atoms with Gasteiger partial charge >= 0.3 is 0 Å². The maximum atomic E-state index is 11.3. The van der Waals surface area contributed by atoms with Gasteiger partial charge in [0.05, 0.1) is 11.1 Å². The number of rotatable bonds is 7. The van der Waals surface area contributed by atoms with Crippen LogP contribution in [0.3, 0.4) is 0 Å². The smallest absolute Gasteiger partial charge is 0.250 e. The second-order valence-corrected chi connectivity index (χ2v) is 8.85. The Bertz CT molecular complexity index is 1070. The number of anilines is 2. The number of aromatic nitrogens is 1. The molecular weight excluding hydrogens is 436 g/mol.